The Morgan fingerprint density at radius 3 is 2.97 bits per heavy atom. The fourth-order valence-corrected chi connectivity index (χ4v) is 5.29. The molecule has 1 aromatic carbocycles. The number of aryl methyl sites for hydroxylation is 1. The summed E-state index contributed by atoms with van der Waals surface area (Å²) < 4.78 is 11.4. The number of aromatic carboxylic acids is 1. The first-order valence-electron chi connectivity index (χ1n) is 9.97. The van der Waals surface area contributed by atoms with Crippen LogP contribution in [0.25, 0.3) is 10.9 Å². The van der Waals surface area contributed by atoms with Gasteiger partial charge in [-0.3, -0.25) is 9.36 Å². The van der Waals surface area contributed by atoms with Gasteiger partial charge >= 0.3 is 5.97 Å². The molecule has 1 saturated heterocycles. The molecule has 2 aliphatic heterocycles. The number of rotatable bonds is 4. The van der Waals surface area contributed by atoms with Crippen LogP contribution in [0, 0.1) is 6.92 Å². The van der Waals surface area contributed by atoms with E-state index in [4.69, 9.17) is 9.72 Å². The van der Waals surface area contributed by atoms with E-state index in [0.29, 0.717) is 36.3 Å². The van der Waals surface area contributed by atoms with Crippen molar-refractivity contribution < 1.29 is 14.6 Å². The van der Waals surface area contributed by atoms with E-state index in [0.717, 1.165) is 41.3 Å². The van der Waals surface area contributed by atoms with E-state index in [1.165, 1.54) is 0 Å². The van der Waals surface area contributed by atoms with E-state index < -0.39 is 5.97 Å². The SMILES string of the molecule is Cc1cc([C@@H](C)Nc2csnc2C(=O)O)c2nc3n(c(=O)c2c1)CC[C@@]31CCOC1. The number of benzene rings is 1. The molecule has 3 aromatic rings. The van der Waals surface area contributed by atoms with Gasteiger partial charge in [-0.1, -0.05) is 6.07 Å². The van der Waals surface area contributed by atoms with Crippen molar-refractivity contribution in [1.82, 2.24) is 13.9 Å². The Hall–Kier alpha value is -2.78. The molecule has 0 bridgehead atoms. The van der Waals surface area contributed by atoms with Crippen LogP contribution in [-0.2, 0) is 16.7 Å². The number of carbonyl (C=O) groups is 1. The highest BCUT2D eigenvalue weighted by Gasteiger charge is 2.44. The molecule has 0 unspecified atom stereocenters. The van der Waals surface area contributed by atoms with Gasteiger partial charge in [0.25, 0.3) is 5.56 Å². The maximum absolute atomic E-state index is 13.3. The molecule has 5 rings (SSSR count). The lowest BCUT2D eigenvalue weighted by molar-refractivity contribution is 0.0693. The Morgan fingerprint density at radius 2 is 2.23 bits per heavy atom. The van der Waals surface area contributed by atoms with Gasteiger partial charge in [0, 0.05) is 24.1 Å². The Bertz CT molecular complexity index is 1230. The highest BCUT2D eigenvalue weighted by molar-refractivity contribution is 7.04. The molecule has 8 nitrogen and oxygen atoms in total. The maximum atomic E-state index is 13.3. The fourth-order valence-electron chi connectivity index (χ4n) is 4.67. The molecule has 156 valence electrons. The van der Waals surface area contributed by atoms with Crippen LogP contribution in [0.5, 0.6) is 0 Å². The summed E-state index contributed by atoms with van der Waals surface area (Å²) >= 11 is 1.09. The molecule has 1 fully saturated rings. The third kappa shape index (κ3) is 2.84. The predicted molar refractivity (Wildman–Crippen MR) is 114 cm³/mol. The highest BCUT2D eigenvalue weighted by Crippen LogP contribution is 2.40. The molecule has 9 heteroatoms. The van der Waals surface area contributed by atoms with Gasteiger partial charge in [0.05, 0.1) is 34.7 Å². The number of hydrogen-bond donors (Lipinski definition) is 2. The van der Waals surface area contributed by atoms with Crippen molar-refractivity contribution in [1.29, 1.82) is 0 Å². The average Bonchev–Trinajstić information content (AvgIpc) is 3.44. The number of carboxylic acid groups (broad SMARTS) is 1. The zero-order valence-corrected chi connectivity index (χ0v) is 17.6. The summed E-state index contributed by atoms with van der Waals surface area (Å²) in [5, 5.41) is 14.9. The quantitative estimate of drug-likeness (QED) is 0.660. The van der Waals surface area contributed by atoms with Crippen LogP contribution in [0.4, 0.5) is 5.69 Å². The molecule has 0 amide bonds. The van der Waals surface area contributed by atoms with Crippen molar-refractivity contribution in [2.45, 2.75) is 44.7 Å². The van der Waals surface area contributed by atoms with Gasteiger partial charge in [0.15, 0.2) is 5.69 Å². The van der Waals surface area contributed by atoms with Gasteiger partial charge < -0.3 is 15.2 Å². The van der Waals surface area contributed by atoms with Crippen LogP contribution in [0.2, 0.25) is 0 Å². The predicted octanol–water partition coefficient (Wildman–Crippen LogP) is 3.09. The second-order valence-electron chi connectivity index (χ2n) is 8.22. The van der Waals surface area contributed by atoms with Gasteiger partial charge in [0.1, 0.15) is 5.82 Å². The summed E-state index contributed by atoms with van der Waals surface area (Å²) in [7, 11) is 0. The summed E-state index contributed by atoms with van der Waals surface area (Å²) in [6.07, 6.45) is 1.75. The van der Waals surface area contributed by atoms with Gasteiger partial charge in [0.2, 0.25) is 0 Å². The van der Waals surface area contributed by atoms with Crippen molar-refractivity contribution in [2.75, 3.05) is 18.5 Å². The topological polar surface area (TPSA) is 106 Å². The normalized spacial score (nSPS) is 21.3. The van der Waals surface area contributed by atoms with E-state index in [1.54, 1.807) is 5.38 Å². The third-order valence-electron chi connectivity index (χ3n) is 6.24. The van der Waals surface area contributed by atoms with Gasteiger partial charge in [-0.05, 0) is 49.9 Å². The zero-order chi connectivity index (χ0) is 21.0. The highest BCUT2D eigenvalue weighted by atomic mass is 32.1. The molecule has 4 heterocycles. The fraction of sp³-hybridized carbons (Fsp3) is 0.429. The first-order valence-corrected chi connectivity index (χ1v) is 10.8. The second-order valence-corrected chi connectivity index (χ2v) is 8.85. The van der Waals surface area contributed by atoms with Crippen molar-refractivity contribution in [3.05, 3.63) is 50.5 Å². The van der Waals surface area contributed by atoms with Gasteiger partial charge in [-0.25, -0.2) is 9.78 Å². The average molecular weight is 426 g/mol. The number of nitrogens with one attached hydrogen (secondary N) is 1. The minimum absolute atomic E-state index is 0.000198. The van der Waals surface area contributed by atoms with Crippen LogP contribution >= 0.6 is 11.5 Å². The Morgan fingerprint density at radius 1 is 1.40 bits per heavy atom. The lowest BCUT2D eigenvalue weighted by Crippen LogP contribution is -2.29. The molecule has 30 heavy (non-hydrogen) atoms. The molecule has 0 saturated carbocycles. The van der Waals surface area contributed by atoms with Gasteiger partial charge in [-0.15, -0.1) is 0 Å². The monoisotopic (exact) mass is 426 g/mol. The van der Waals surface area contributed by atoms with Crippen LogP contribution in [0.3, 0.4) is 0 Å². The van der Waals surface area contributed by atoms with Crippen LogP contribution in [-0.4, -0.2) is 38.2 Å². The smallest absolute Gasteiger partial charge is 0.357 e. The van der Waals surface area contributed by atoms with Gasteiger partial charge in [-0.2, -0.15) is 4.37 Å². The largest absolute Gasteiger partial charge is 0.476 e. The minimum Gasteiger partial charge on any atom is -0.476 e. The molecular formula is C21H22N4O4S. The van der Waals surface area contributed by atoms with Crippen molar-refractivity contribution >= 4 is 34.1 Å². The molecule has 2 aliphatic rings. The lowest BCUT2D eigenvalue weighted by Gasteiger charge is -2.22. The molecule has 0 aliphatic carbocycles. The third-order valence-corrected chi connectivity index (χ3v) is 6.86. The summed E-state index contributed by atoms with van der Waals surface area (Å²) in [5.74, 6) is -0.254. The number of anilines is 1. The molecule has 2 atom stereocenters. The summed E-state index contributed by atoms with van der Waals surface area (Å²) in [4.78, 5) is 29.8. The Labute approximate surface area is 176 Å². The molecule has 2 aromatic heterocycles. The standard InChI is InChI=1S/C21H22N4O4S/c1-11-7-13(12(2)22-15-9-30-24-17(15)19(27)28)16-14(8-11)18(26)25-5-3-21(20(25)23-16)4-6-29-10-21/h7-9,12,22H,3-6,10H2,1-2H3,(H,27,28)/t12-,21+/m1/s1. The summed E-state index contributed by atoms with van der Waals surface area (Å²) in [6.45, 7) is 5.85. The second kappa shape index (κ2) is 6.88. The Kier molecular flexibility index (Phi) is 4.41. The van der Waals surface area contributed by atoms with E-state index in [9.17, 15) is 14.7 Å². The maximum Gasteiger partial charge on any atom is 0.357 e. The Balaban J connectivity index is 1.65. The molecule has 0 radical (unpaired) electrons. The number of aromatic nitrogens is 3. The van der Waals surface area contributed by atoms with Crippen LogP contribution < -0.4 is 10.9 Å². The zero-order valence-electron chi connectivity index (χ0n) is 16.8. The van der Waals surface area contributed by atoms with E-state index in [2.05, 4.69) is 9.69 Å². The lowest BCUT2D eigenvalue weighted by atomic mass is 9.85. The molecule has 2 N–H and O–H groups in total. The number of ether oxygens (including phenoxy) is 1. The summed E-state index contributed by atoms with van der Waals surface area (Å²) in [5.41, 5.74) is 2.77. The minimum atomic E-state index is -1.07. The van der Waals surface area contributed by atoms with E-state index in [1.807, 2.05) is 30.5 Å². The summed E-state index contributed by atoms with van der Waals surface area (Å²) in [6, 6.07) is 3.64. The van der Waals surface area contributed by atoms with Crippen LogP contribution in [0.15, 0.2) is 22.3 Å². The number of fused-ring (bicyclic) bond motifs is 3. The molecular weight excluding hydrogens is 404 g/mol. The van der Waals surface area contributed by atoms with E-state index >= 15 is 0 Å². The van der Waals surface area contributed by atoms with Crippen molar-refractivity contribution in [3.63, 3.8) is 0 Å². The molecule has 1 spiro atoms. The van der Waals surface area contributed by atoms with E-state index in [-0.39, 0.29) is 22.7 Å². The van der Waals surface area contributed by atoms with Crippen molar-refractivity contribution in [3.8, 4) is 0 Å². The number of hydrogen-bond acceptors (Lipinski definition) is 7. The first kappa shape index (κ1) is 19.2. The first-order chi connectivity index (χ1) is 14.4. The van der Waals surface area contributed by atoms with Crippen molar-refractivity contribution in [2.24, 2.45) is 0 Å². The number of nitrogens with zero attached hydrogens (tertiary/aromatic N) is 3. The van der Waals surface area contributed by atoms with Crippen LogP contribution in [0.1, 0.15) is 53.2 Å². The number of carboxylic acids is 1.